The Bertz CT molecular complexity index is 1060. The molecule has 0 aromatic heterocycles. The van der Waals surface area contributed by atoms with Crippen LogP contribution in [0.25, 0.3) is 0 Å². The van der Waals surface area contributed by atoms with Crippen LogP contribution in [0.2, 0.25) is 0 Å². The lowest BCUT2D eigenvalue weighted by Gasteiger charge is -2.31. The van der Waals surface area contributed by atoms with Crippen molar-refractivity contribution in [1.29, 1.82) is 0 Å². The van der Waals surface area contributed by atoms with Crippen molar-refractivity contribution in [2.45, 2.75) is 49.8 Å². The molecular weight excluding hydrogens is 480 g/mol. The van der Waals surface area contributed by atoms with Gasteiger partial charge in [-0.2, -0.15) is 4.31 Å². The molecule has 198 valence electrons. The van der Waals surface area contributed by atoms with E-state index in [0.29, 0.717) is 18.7 Å². The molecule has 0 radical (unpaired) electrons. The zero-order valence-electron chi connectivity index (χ0n) is 21.2. The zero-order valence-corrected chi connectivity index (χ0v) is 22.0. The van der Waals surface area contributed by atoms with Crippen molar-refractivity contribution >= 4 is 16.1 Å². The Morgan fingerprint density at radius 2 is 1.83 bits per heavy atom. The number of urea groups is 1. The van der Waals surface area contributed by atoms with Crippen LogP contribution in [0.4, 0.5) is 4.79 Å². The molecule has 3 atom stereocenters. The highest BCUT2D eigenvalue weighted by Gasteiger charge is 2.31. The molecule has 3 rings (SSSR count). The van der Waals surface area contributed by atoms with Gasteiger partial charge in [-0.15, -0.1) is 0 Å². The second kappa shape index (κ2) is 13.0. The third kappa shape index (κ3) is 7.92. The first-order valence-corrected chi connectivity index (χ1v) is 13.8. The molecule has 1 saturated heterocycles. The Morgan fingerprint density at radius 1 is 1.14 bits per heavy atom. The van der Waals surface area contributed by atoms with Gasteiger partial charge in [0.2, 0.25) is 10.0 Å². The van der Waals surface area contributed by atoms with Gasteiger partial charge >= 0.3 is 6.03 Å². The normalized spacial score (nSPS) is 17.7. The molecule has 0 unspecified atom stereocenters. The Kier molecular flexibility index (Phi) is 10.1. The van der Waals surface area contributed by atoms with E-state index in [1.165, 1.54) is 23.5 Å². The van der Waals surface area contributed by atoms with Crippen molar-refractivity contribution in [1.82, 2.24) is 20.3 Å². The van der Waals surface area contributed by atoms with E-state index in [1.54, 1.807) is 12.1 Å². The van der Waals surface area contributed by atoms with E-state index in [2.05, 4.69) is 16.0 Å². The molecule has 0 spiro atoms. The lowest BCUT2D eigenvalue weighted by molar-refractivity contribution is 0.104. The summed E-state index contributed by atoms with van der Waals surface area (Å²) in [6.07, 6.45) is 0.0577. The molecule has 2 aromatic rings. The molecule has 0 aliphatic carbocycles. The van der Waals surface area contributed by atoms with Crippen LogP contribution in [-0.4, -0.2) is 75.3 Å². The van der Waals surface area contributed by atoms with Crippen LogP contribution in [0.15, 0.2) is 59.5 Å². The molecular formula is C26H38N4O5S. The van der Waals surface area contributed by atoms with Crippen molar-refractivity contribution in [3.63, 3.8) is 0 Å². The molecule has 4 N–H and O–H groups in total. The minimum absolute atomic E-state index is 0.0207. The highest BCUT2D eigenvalue weighted by molar-refractivity contribution is 7.89. The number of sulfonamides is 1. The molecule has 36 heavy (non-hydrogen) atoms. The molecule has 2 aromatic carbocycles. The number of aliphatic hydroxyl groups is 1. The largest absolute Gasteiger partial charge is 0.497 e. The fourth-order valence-electron chi connectivity index (χ4n) is 4.24. The van der Waals surface area contributed by atoms with E-state index in [9.17, 15) is 18.3 Å². The molecule has 0 saturated carbocycles. The Labute approximate surface area is 214 Å². The third-order valence-corrected chi connectivity index (χ3v) is 7.98. The minimum atomic E-state index is -3.89. The number of hydrogen-bond acceptors (Lipinski definition) is 6. The first-order chi connectivity index (χ1) is 17.2. The number of aliphatic hydroxyl groups excluding tert-OH is 1. The van der Waals surface area contributed by atoms with Gasteiger partial charge in [0.15, 0.2) is 0 Å². The van der Waals surface area contributed by atoms with Crippen LogP contribution in [0.3, 0.4) is 0 Å². The maximum atomic E-state index is 13.5. The summed E-state index contributed by atoms with van der Waals surface area (Å²) >= 11 is 0. The maximum Gasteiger partial charge on any atom is 0.315 e. The molecule has 1 fully saturated rings. The van der Waals surface area contributed by atoms with Crippen molar-refractivity contribution in [2.24, 2.45) is 5.92 Å². The number of rotatable bonds is 12. The van der Waals surface area contributed by atoms with E-state index in [1.807, 2.05) is 44.2 Å². The number of ether oxygens (including phenoxy) is 1. The van der Waals surface area contributed by atoms with Crippen LogP contribution in [0.5, 0.6) is 5.75 Å². The molecule has 1 aliphatic heterocycles. The van der Waals surface area contributed by atoms with Crippen LogP contribution >= 0.6 is 0 Å². The molecule has 1 aliphatic rings. The van der Waals surface area contributed by atoms with Gasteiger partial charge in [0.1, 0.15) is 5.75 Å². The minimum Gasteiger partial charge on any atom is -0.497 e. The first-order valence-electron chi connectivity index (χ1n) is 12.3. The second-order valence-electron chi connectivity index (χ2n) is 9.56. The van der Waals surface area contributed by atoms with Gasteiger partial charge in [0.25, 0.3) is 0 Å². The zero-order chi connectivity index (χ0) is 26.1. The van der Waals surface area contributed by atoms with E-state index >= 15 is 0 Å². The Balaban J connectivity index is 1.80. The van der Waals surface area contributed by atoms with E-state index < -0.39 is 22.2 Å². The van der Waals surface area contributed by atoms with Gasteiger partial charge < -0.3 is 25.8 Å². The monoisotopic (exact) mass is 518 g/mol. The van der Waals surface area contributed by atoms with Crippen molar-refractivity contribution in [3.8, 4) is 5.75 Å². The van der Waals surface area contributed by atoms with Gasteiger partial charge in [0, 0.05) is 25.7 Å². The van der Waals surface area contributed by atoms with Gasteiger partial charge in [-0.3, -0.25) is 0 Å². The number of nitrogens with one attached hydrogen (secondary N) is 3. The summed E-state index contributed by atoms with van der Waals surface area (Å²) in [5.41, 5.74) is 0.929. The third-order valence-electron chi connectivity index (χ3n) is 6.13. The van der Waals surface area contributed by atoms with Gasteiger partial charge in [-0.1, -0.05) is 44.2 Å². The fraction of sp³-hybridized carbons (Fsp3) is 0.500. The average molecular weight is 519 g/mol. The van der Waals surface area contributed by atoms with Crippen molar-refractivity contribution < 1.29 is 23.1 Å². The number of benzene rings is 2. The van der Waals surface area contributed by atoms with Crippen LogP contribution in [0.1, 0.15) is 25.8 Å². The van der Waals surface area contributed by atoms with Gasteiger partial charge in [0.05, 0.1) is 24.2 Å². The summed E-state index contributed by atoms with van der Waals surface area (Å²) in [6.45, 7) is 5.45. The van der Waals surface area contributed by atoms with Crippen LogP contribution in [-0.2, 0) is 16.4 Å². The van der Waals surface area contributed by atoms with Crippen molar-refractivity contribution in [2.75, 3.05) is 33.3 Å². The molecule has 10 heteroatoms. The lowest BCUT2D eigenvalue weighted by Crippen LogP contribution is -2.54. The summed E-state index contributed by atoms with van der Waals surface area (Å²) in [5, 5.41) is 20.3. The molecule has 2 amide bonds. The summed E-state index contributed by atoms with van der Waals surface area (Å²) in [5.74, 6) is 0.587. The highest BCUT2D eigenvalue weighted by atomic mass is 32.2. The predicted octanol–water partition coefficient (Wildman–Crippen LogP) is 1.98. The number of amides is 2. The van der Waals surface area contributed by atoms with Gasteiger partial charge in [-0.25, -0.2) is 13.2 Å². The topological polar surface area (TPSA) is 120 Å². The SMILES string of the molecule is COc1ccc(S(=O)(=O)N(CC(C)C)C[C@@H](O)[C@H](Cc2ccccc2)NC(=O)N[C@H]2CCNC2)cc1. The maximum absolute atomic E-state index is 13.5. The van der Waals surface area contributed by atoms with Crippen LogP contribution in [0, 0.1) is 5.92 Å². The van der Waals surface area contributed by atoms with E-state index in [0.717, 1.165) is 18.5 Å². The molecule has 9 nitrogen and oxygen atoms in total. The lowest BCUT2D eigenvalue weighted by atomic mass is 10.0. The van der Waals surface area contributed by atoms with Gasteiger partial charge in [-0.05, 0) is 55.1 Å². The average Bonchev–Trinajstić information content (AvgIpc) is 3.36. The second-order valence-corrected chi connectivity index (χ2v) is 11.5. The van der Waals surface area contributed by atoms with E-state index in [4.69, 9.17) is 4.74 Å². The number of methoxy groups -OCH3 is 1. The fourth-order valence-corrected chi connectivity index (χ4v) is 5.86. The Morgan fingerprint density at radius 3 is 2.42 bits per heavy atom. The smallest absolute Gasteiger partial charge is 0.315 e. The Hall–Kier alpha value is -2.66. The molecule has 1 heterocycles. The number of hydrogen-bond donors (Lipinski definition) is 4. The van der Waals surface area contributed by atoms with Crippen LogP contribution < -0.4 is 20.7 Å². The standard InChI is InChI=1S/C26H38N4O5S/c1-19(2)17-30(36(33,34)23-11-9-22(35-3)10-12-23)18-25(31)24(15-20-7-5-4-6-8-20)29-26(32)28-21-13-14-27-16-21/h4-12,19,21,24-25,27,31H,13-18H2,1-3H3,(H2,28,29,32)/t21-,24-,25+/m0/s1. The molecule has 0 bridgehead atoms. The summed E-state index contributed by atoms with van der Waals surface area (Å²) in [7, 11) is -2.37. The number of carbonyl (C=O) groups is 1. The quantitative estimate of drug-likeness (QED) is 0.341. The predicted molar refractivity (Wildman–Crippen MR) is 139 cm³/mol. The van der Waals surface area contributed by atoms with E-state index in [-0.39, 0.29) is 36.0 Å². The highest BCUT2D eigenvalue weighted by Crippen LogP contribution is 2.21. The van der Waals surface area contributed by atoms with Crippen molar-refractivity contribution in [3.05, 3.63) is 60.2 Å². The summed E-state index contributed by atoms with van der Waals surface area (Å²) in [6, 6.07) is 14.6. The summed E-state index contributed by atoms with van der Waals surface area (Å²) < 4.78 is 33.4. The first kappa shape index (κ1) is 27.9. The number of nitrogens with zero attached hydrogens (tertiary/aromatic N) is 1. The number of carbonyl (C=O) groups excluding carboxylic acids is 1. The summed E-state index contributed by atoms with van der Waals surface area (Å²) in [4.78, 5) is 12.9.